The summed E-state index contributed by atoms with van der Waals surface area (Å²) in [5.74, 6) is 0.0116. The molecule has 1 saturated heterocycles. The molecule has 1 aliphatic rings. The van der Waals surface area contributed by atoms with Crippen LogP contribution in [0.25, 0.3) is 0 Å². The van der Waals surface area contributed by atoms with Gasteiger partial charge in [-0.3, -0.25) is 4.79 Å². The fourth-order valence-corrected chi connectivity index (χ4v) is 3.73. The Morgan fingerprint density at radius 3 is 2.79 bits per heavy atom. The molecule has 0 bridgehead atoms. The summed E-state index contributed by atoms with van der Waals surface area (Å²) in [6.07, 6.45) is 2.16. The molecule has 2 N–H and O–H groups in total. The van der Waals surface area contributed by atoms with Crippen LogP contribution in [-0.4, -0.2) is 59.5 Å². The van der Waals surface area contributed by atoms with Crippen LogP contribution in [0.3, 0.4) is 0 Å². The predicted octanol–water partition coefficient (Wildman–Crippen LogP) is 1.46. The number of amides is 1. The van der Waals surface area contributed by atoms with Crippen molar-refractivity contribution in [3.8, 4) is 0 Å². The van der Waals surface area contributed by atoms with Crippen LogP contribution in [0.15, 0.2) is 24.3 Å². The second-order valence-corrected chi connectivity index (χ2v) is 7.42. The van der Waals surface area contributed by atoms with E-state index in [0.29, 0.717) is 31.0 Å². The normalized spacial score (nSPS) is 16.7. The maximum atomic E-state index is 13.6. The van der Waals surface area contributed by atoms with Crippen LogP contribution in [0.5, 0.6) is 0 Å². The van der Waals surface area contributed by atoms with Crippen LogP contribution < -0.4 is 10.6 Å². The molecule has 0 radical (unpaired) electrons. The van der Waals surface area contributed by atoms with Crippen molar-refractivity contribution in [1.29, 1.82) is 0 Å². The van der Waals surface area contributed by atoms with Crippen molar-refractivity contribution in [3.05, 3.63) is 41.5 Å². The Labute approximate surface area is 176 Å². The van der Waals surface area contributed by atoms with Gasteiger partial charge in [-0.25, -0.2) is 9.07 Å². The molecule has 0 saturated carbocycles. The van der Waals surface area contributed by atoms with E-state index in [-0.39, 0.29) is 29.5 Å². The number of aromatic nitrogens is 4. The van der Waals surface area contributed by atoms with E-state index in [1.54, 1.807) is 26.2 Å². The Balaban J connectivity index is 0.00000300. The summed E-state index contributed by atoms with van der Waals surface area (Å²) in [6, 6.07) is 5.58. The highest BCUT2D eigenvalue weighted by atomic mass is 35.5. The number of carbonyl (C=O) groups is 1. The molecular weight excluding hydrogens is 399 g/mol. The van der Waals surface area contributed by atoms with Gasteiger partial charge in [0.05, 0.1) is 6.61 Å². The topological polar surface area (TPSA) is 94.0 Å². The number of methoxy groups -OCH3 is 1. The van der Waals surface area contributed by atoms with E-state index in [9.17, 15) is 9.18 Å². The summed E-state index contributed by atoms with van der Waals surface area (Å²) in [5.41, 5.74) is 0.623. The van der Waals surface area contributed by atoms with Gasteiger partial charge in [-0.2, -0.15) is 0 Å². The number of piperidine rings is 1. The summed E-state index contributed by atoms with van der Waals surface area (Å²) >= 11 is 0. The number of nitrogens with zero attached hydrogens (tertiary/aromatic N) is 4. The van der Waals surface area contributed by atoms with E-state index in [1.165, 1.54) is 16.8 Å². The van der Waals surface area contributed by atoms with Gasteiger partial charge in [0.25, 0.3) is 0 Å². The van der Waals surface area contributed by atoms with Gasteiger partial charge in [0.2, 0.25) is 5.91 Å². The van der Waals surface area contributed by atoms with E-state index < -0.39 is 6.04 Å². The Morgan fingerprint density at radius 1 is 1.41 bits per heavy atom. The minimum atomic E-state index is -0.655. The number of benzene rings is 1. The van der Waals surface area contributed by atoms with E-state index >= 15 is 0 Å². The van der Waals surface area contributed by atoms with Gasteiger partial charge in [-0.1, -0.05) is 12.1 Å². The molecule has 2 heterocycles. The molecule has 1 aromatic carbocycles. The molecule has 1 atom stereocenters. The fourth-order valence-electron chi connectivity index (χ4n) is 3.73. The molecule has 160 valence electrons. The third-order valence-electron chi connectivity index (χ3n) is 5.33. The molecule has 8 nitrogen and oxygen atoms in total. The summed E-state index contributed by atoms with van der Waals surface area (Å²) < 4.78 is 20.5. The third-order valence-corrected chi connectivity index (χ3v) is 5.33. The number of ether oxygens (including phenoxy) is 1. The maximum absolute atomic E-state index is 13.6. The monoisotopic (exact) mass is 426 g/mol. The lowest BCUT2D eigenvalue weighted by atomic mass is 9.79. The zero-order chi connectivity index (χ0) is 20.0. The lowest BCUT2D eigenvalue weighted by Crippen LogP contribution is -2.48. The first-order chi connectivity index (χ1) is 13.5. The molecule has 1 fully saturated rings. The fraction of sp³-hybridized carbons (Fsp3) is 0.579. The second kappa shape index (κ2) is 10.6. The van der Waals surface area contributed by atoms with Crippen molar-refractivity contribution in [2.75, 3.05) is 33.4 Å². The number of nitrogens with one attached hydrogen (secondary N) is 2. The molecule has 1 aromatic heterocycles. The Morgan fingerprint density at radius 2 is 2.17 bits per heavy atom. The van der Waals surface area contributed by atoms with Gasteiger partial charge in [-0.05, 0) is 61.0 Å². The minimum Gasteiger partial charge on any atom is -0.384 e. The van der Waals surface area contributed by atoms with E-state index in [1.807, 2.05) is 0 Å². The van der Waals surface area contributed by atoms with Crippen molar-refractivity contribution in [1.82, 2.24) is 30.8 Å². The van der Waals surface area contributed by atoms with E-state index in [2.05, 4.69) is 26.2 Å². The lowest BCUT2D eigenvalue weighted by Gasteiger charge is -2.37. The molecule has 0 spiro atoms. The van der Waals surface area contributed by atoms with Crippen LogP contribution in [0, 0.1) is 18.2 Å². The van der Waals surface area contributed by atoms with Gasteiger partial charge in [0.1, 0.15) is 17.7 Å². The maximum Gasteiger partial charge on any atom is 0.245 e. The minimum absolute atomic E-state index is 0. The van der Waals surface area contributed by atoms with Crippen molar-refractivity contribution in [2.45, 2.75) is 32.2 Å². The smallest absolute Gasteiger partial charge is 0.245 e. The molecular formula is C19H28ClFN6O2. The summed E-state index contributed by atoms with van der Waals surface area (Å²) in [7, 11) is 1.68. The van der Waals surface area contributed by atoms with Crippen LogP contribution in [-0.2, 0) is 16.0 Å². The van der Waals surface area contributed by atoms with E-state index in [4.69, 9.17) is 4.74 Å². The molecule has 1 unspecified atom stereocenters. The van der Waals surface area contributed by atoms with Crippen molar-refractivity contribution < 1.29 is 13.9 Å². The summed E-state index contributed by atoms with van der Waals surface area (Å²) in [6.45, 7) is 4.65. The predicted molar refractivity (Wildman–Crippen MR) is 108 cm³/mol. The molecule has 3 rings (SSSR count). The van der Waals surface area contributed by atoms with Crippen LogP contribution in [0.4, 0.5) is 4.39 Å². The average molecular weight is 427 g/mol. The molecule has 29 heavy (non-hydrogen) atoms. The van der Waals surface area contributed by atoms with Crippen molar-refractivity contribution >= 4 is 18.3 Å². The third kappa shape index (κ3) is 5.94. The number of halogens is 2. The number of hydrogen-bond acceptors (Lipinski definition) is 6. The zero-order valence-electron chi connectivity index (χ0n) is 16.7. The first-order valence-electron chi connectivity index (χ1n) is 9.49. The SMILES string of the molecule is COCC1(CNC(=O)C(Cc2cccc(F)c2)n2nnnc2C)CCNCC1.Cl. The first kappa shape index (κ1) is 23.2. The molecule has 0 aliphatic carbocycles. The number of carbonyl (C=O) groups excluding carboxylic acids is 1. The molecule has 1 amide bonds. The number of rotatable bonds is 8. The molecule has 10 heteroatoms. The number of tetrazole rings is 1. The number of hydrogen-bond donors (Lipinski definition) is 2. The van der Waals surface area contributed by atoms with Gasteiger partial charge in [-0.15, -0.1) is 17.5 Å². The van der Waals surface area contributed by atoms with Gasteiger partial charge < -0.3 is 15.4 Å². The van der Waals surface area contributed by atoms with Gasteiger partial charge in [0.15, 0.2) is 0 Å². The van der Waals surface area contributed by atoms with Gasteiger partial charge in [0, 0.05) is 25.5 Å². The average Bonchev–Trinajstić information content (AvgIpc) is 3.11. The Kier molecular flexibility index (Phi) is 8.48. The van der Waals surface area contributed by atoms with E-state index in [0.717, 1.165) is 25.9 Å². The zero-order valence-corrected chi connectivity index (χ0v) is 17.5. The molecule has 2 aromatic rings. The first-order valence-corrected chi connectivity index (χ1v) is 9.49. The largest absolute Gasteiger partial charge is 0.384 e. The Bertz CT molecular complexity index is 791. The quantitative estimate of drug-likeness (QED) is 0.663. The van der Waals surface area contributed by atoms with Crippen LogP contribution in [0.1, 0.15) is 30.3 Å². The highest BCUT2D eigenvalue weighted by molar-refractivity contribution is 5.85. The lowest BCUT2D eigenvalue weighted by molar-refractivity contribution is -0.125. The molecule has 1 aliphatic heterocycles. The highest BCUT2D eigenvalue weighted by Crippen LogP contribution is 2.28. The summed E-state index contributed by atoms with van der Waals surface area (Å²) in [5, 5.41) is 17.9. The van der Waals surface area contributed by atoms with Crippen molar-refractivity contribution in [2.24, 2.45) is 5.41 Å². The summed E-state index contributed by atoms with van der Waals surface area (Å²) in [4.78, 5) is 13.1. The number of aryl methyl sites for hydroxylation is 1. The van der Waals surface area contributed by atoms with Crippen molar-refractivity contribution in [3.63, 3.8) is 0 Å². The van der Waals surface area contributed by atoms with Crippen LogP contribution >= 0.6 is 12.4 Å². The van der Waals surface area contributed by atoms with Gasteiger partial charge >= 0.3 is 0 Å². The Hall–Kier alpha value is -2.10. The highest BCUT2D eigenvalue weighted by Gasteiger charge is 2.34. The second-order valence-electron chi connectivity index (χ2n) is 7.42. The van der Waals surface area contributed by atoms with Crippen LogP contribution in [0.2, 0.25) is 0 Å². The standard InChI is InChI=1S/C19H27FN6O2.ClH/c1-14-23-24-25-26(14)17(11-15-4-3-5-16(20)10-15)18(27)22-12-19(13-28-2)6-8-21-9-7-19;/h3-5,10,17,21H,6-9,11-13H2,1-2H3,(H,22,27);1H.